The van der Waals surface area contributed by atoms with Gasteiger partial charge < -0.3 is 5.32 Å². The molecule has 0 fully saturated rings. The van der Waals surface area contributed by atoms with E-state index in [9.17, 15) is 4.39 Å². The molecule has 0 heterocycles. The molecule has 0 spiro atoms. The molecule has 0 aliphatic carbocycles. The third kappa shape index (κ3) is 2.61. The molecule has 0 radical (unpaired) electrons. The van der Waals surface area contributed by atoms with Gasteiger partial charge in [0, 0.05) is 5.02 Å². The fraction of sp³-hybridized carbons (Fsp3) is 0.0714. The van der Waals surface area contributed by atoms with Gasteiger partial charge in [-0.3, -0.25) is 0 Å². The van der Waals surface area contributed by atoms with Gasteiger partial charge in [0.15, 0.2) is 0 Å². The first-order chi connectivity index (χ1) is 8.60. The van der Waals surface area contributed by atoms with Crippen molar-refractivity contribution in [2.24, 2.45) is 0 Å². The number of hydrogen-bond donors (Lipinski definition) is 1. The highest BCUT2D eigenvalue weighted by atomic mass is 35.5. The van der Waals surface area contributed by atoms with Gasteiger partial charge in [0.2, 0.25) is 0 Å². The summed E-state index contributed by atoms with van der Waals surface area (Å²) in [4.78, 5) is 0. The van der Waals surface area contributed by atoms with Crippen LogP contribution in [0.1, 0.15) is 11.1 Å². The Hall–Kier alpha value is -2.05. The molecule has 0 amide bonds. The molecular weight excluding hydrogens is 251 g/mol. The summed E-state index contributed by atoms with van der Waals surface area (Å²) < 4.78 is 13.7. The van der Waals surface area contributed by atoms with Crippen molar-refractivity contribution in [3.63, 3.8) is 0 Å². The van der Waals surface area contributed by atoms with Gasteiger partial charge in [0.1, 0.15) is 11.9 Å². The average molecular weight is 261 g/mol. The number of nitriles is 1. The Morgan fingerprint density at radius 2 is 1.94 bits per heavy atom. The zero-order valence-corrected chi connectivity index (χ0v) is 10.4. The van der Waals surface area contributed by atoms with E-state index in [1.54, 1.807) is 30.3 Å². The van der Waals surface area contributed by atoms with E-state index in [4.69, 9.17) is 16.9 Å². The molecule has 0 aliphatic rings. The van der Waals surface area contributed by atoms with E-state index in [-0.39, 0.29) is 5.82 Å². The van der Waals surface area contributed by atoms with Gasteiger partial charge in [-0.05, 0) is 42.8 Å². The second kappa shape index (κ2) is 5.07. The van der Waals surface area contributed by atoms with Crippen LogP contribution in [0.3, 0.4) is 0 Å². The number of aryl methyl sites for hydroxylation is 1. The van der Waals surface area contributed by atoms with Crippen LogP contribution < -0.4 is 5.32 Å². The van der Waals surface area contributed by atoms with E-state index in [1.165, 1.54) is 6.07 Å². The topological polar surface area (TPSA) is 35.8 Å². The Morgan fingerprint density at radius 3 is 2.61 bits per heavy atom. The minimum Gasteiger partial charge on any atom is -0.352 e. The highest BCUT2D eigenvalue weighted by molar-refractivity contribution is 6.30. The molecule has 18 heavy (non-hydrogen) atoms. The van der Waals surface area contributed by atoms with Crippen molar-refractivity contribution >= 4 is 23.0 Å². The van der Waals surface area contributed by atoms with Gasteiger partial charge in [-0.1, -0.05) is 17.7 Å². The summed E-state index contributed by atoms with van der Waals surface area (Å²) in [5, 5.41) is 12.3. The maximum Gasteiger partial charge on any atom is 0.146 e. The van der Waals surface area contributed by atoms with Gasteiger partial charge in [-0.2, -0.15) is 5.26 Å². The summed E-state index contributed by atoms with van der Waals surface area (Å²) >= 11 is 5.86. The number of halogens is 2. The second-order valence-electron chi connectivity index (χ2n) is 3.91. The van der Waals surface area contributed by atoms with Gasteiger partial charge in [0.05, 0.1) is 16.9 Å². The average Bonchev–Trinajstić information content (AvgIpc) is 2.33. The molecule has 4 heteroatoms. The number of hydrogen-bond acceptors (Lipinski definition) is 2. The zero-order valence-electron chi connectivity index (χ0n) is 9.67. The Labute approximate surface area is 110 Å². The first kappa shape index (κ1) is 12.4. The van der Waals surface area contributed by atoms with Crippen LogP contribution in [0.25, 0.3) is 0 Å². The minimum absolute atomic E-state index is 0.319. The van der Waals surface area contributed by atoms with E-state index in [0.29, 0.717) is 22.0 Å². The maximum atomic E-state index is 13.7. The molecular formula is C14H10ClFN2. The van der Waals surface area contributed by atoms with Crippen LogP contribution in [0.2, 0.25) is 5.02 Å². The fourth-order valence-corrected chi connectivity index (χ4v) is 1.76. The summed E-state index contributed by atoms with van der Waals surface area (Å²) in [6.07, 6.45) is 0. The number of nitrogens with one attached hydrogen (secondary N) is 1. The summed E-state index contributed by atoms with van der Waals surface area (Å²) in [6.45, 7) is 1.81. The molecule has 0 bridgehead atoms. The lowest BCUT2D eigenvalue weighted by Crippen LogP contribution is -1.96. The molecule has 0 saturated heterocycles. The normalized spacial score (nSPS) is 9.89. The standard InChI is InChI=1S/C14H10ClFN2/c1-9-2-5-13(12(16)6-9)18-14-7-11(15)4-3-10(14)8-17/h2-7,18H,1H3. The van der Waals surface area contributed by atoms with E-state index in [1.807, 2.05) is 13.0 Å². The van der Waals surface area contributed by atoms with Crippen LogP contribution in [0.5, 0.6) is 0 Å². The molecule has 0 unspecified atom stereocenters. The Morgan fingerprint density at radius 1 is 1.17 bits per heavy atom. The van der Waals surface area contributed by atoms with Gasteiger partial charge >= 0.3 is 0 Å². The minimum atomic E-state index is -0.362. The lowest BCUT2D eigenvalue weighted by atomic mass is 10.1. The number of rotatable bonds is 2. The van der Waals surface area contributed by atoms with Crippen molar-refractivity contribution in [1.29, 1.82) is 5.26 Å². The van der Waals surface area contributed by atoms with Gasteiger partial charge in [-0.25, -0.2) is 4.39 Å². The molecule has 2 aromatic carbocycles. The maximum absolute atomic E-state index is 13.7. The molecule has 0 aliphatic heterocycles. The number of benzene rings is 2. The van der Waals surface area contributed by atoms with Crippen molar-refractivity contribution < 1.29 is 4.39 Å². The van der Waals surface area contributed by atoms with Crippen molar-refractivity contribution in [3.05, 3.63) is 58.4 Å². The lowest BCUT2D eigenvalue weighted by molar-refractivity contribution is 0.630. The number of nitrogens with zero attached hydrogens (tertiary/aromatic N) is 1. The van der Waals surface area contributed by atoms with Crippen LogP contribution in [-0.4, -0.2) is 0 Å². The Bertz CT molecular complexity index is 632. The Balaban J connectivity index is 2.40. The third-order valence-electron chi connectivity index (χ3n) is 2.50. The van der Waals surface area contributed by atoms with Gasteiger partial charge in [-0.15, -0.1) is 0 Å². The quantitative estimate of drug-likeness (QED) is 0.869. The summed E-state index contributed by atoms with van der Waals surface area (Å²) in [7, 11) is 0. The fourth-order valence-electron chi connectivity index (χ4n) is 1.58. The molecule has 0 atom stereocenters. The third-order valence-corrected chi connectivity index (χ3v) is 2.73. The van der Waals surface area contributed by atoms with Crippen LogP contribution in [0, 0.1) is 24.1 Å². The predicted octanol–water partition coefficient (Wildman–Crippen LogP) is 4.40. The summed E-state index contributed by atoms with van der Waals surface area (Å²) in [6, 6.07) is 11.7. The second-order valence-corrected chi connectivity index (χ2v) is 4.35. The SMILES string of the molecule is Cc1ccc(Nc2cc(Cl)ccc2C#N)c(F)c1. The molecule has 2 rings (SSSR count). The number of anilines is 2. The summed E-state index contributed by atoms with van der Waals surface area (Å²) in [5.41, 5.74) is 2.07. The van der Waals surface area contributed by atoms with E-state index in [0.717, 1.165) is 5.56 Å². The molecule has 0 saturated carbocycles. The Kier molecular flexibility index (Phi) is 3.50. The molecule has 2 nitrogen and oxygen atoms in total. The molecule has 2 aromatic rings. The van der Waals surface area contributed by atoms with Crippen LogP contribution in [0.4, 0.5) is 15.8 Å². The van der Waals surface area contributed by atoms with Crippen molar-refractivity contribution in [2.45, 2.75) is 6.92 Å². The van der Waals surface area contributed by atoms with Crippen LogP contribution in [-0.2, 0) is 0 Å². The monoisotopic (exact) mass is 260 g/mol. The van der Waals surface area contributed by atoms with E-state index < -0.39 is 0 Å². The summed E-state index contributed by atoms with van der Waals surface area (Å²) in [5.74, 6) is -0.362. The molecule has 1 N–H and O–H groups in total. The van der Waals surface area contributed by atoms with E-state index >= 15 is 0 Å². The van der Waals surface area contributed by atoms with Crippen molar-refractivity contribution in [1.82, 2.24) is 0 Å². The predicted molar refractivity (Wildman–Crippen MR) is 70.6 cm³/mol. The van der Waals surface area contributed by atoms with E-state index in [2.05, 4.69) is 5.32 Å². The zero-order chi connectivity index (χ0) is 13.1. The highest BCUT2D eigenvalue weighted by Gasteiger charge is 2.07. The first-order valence-corrected chi connectivity index (χ1v) is 5.71. The largest absolute Gasteiger partial charge is 0.352 e. The molecule has 90 valence electrons. The highest BCUT2D eigenvalue weighted by Crippen LogP contribution is 2.26. The molecule has 0 aromatic heterocycles. The van der Waals surface area contributed by atoms with Crippen molar-refractivity contribution in [2.75, 3.05) is 5.32 Å². The van der Waals surface area contributed by atoms with Crippen molar-refractivity contribution in [3.8, 4) is 6.07 Å². The van der Waals surface area contributed by atoms with Crippen LogP contribution >= 0.6 is 11.6 Å². The lowest BCUT2D eigenvalue weighted by Gasteiger charge is -2.10. The first-order valence-electron chi connectivity index (χ1n) is 5.33. The van der Waals surface area contributed by atoms with Gasteiger partial charge in [0.25, 0.3) is 0 Å². The smallest absolute Gasteiger partial charge is 0.146 e. The van der Waals surface area contributed by atoms with Crippen LogP contribution in [0.15, 0.2) is 36.4 Å².